The summed E-state index contributed by atoms with van der Waals surface area (Å²) in [6.07, 6.45) is 0. The topological polar surface area (TPSA) is 55.8 Å². The first-order chi connectivity index (χ1) is 22.2. The summed E-state index contributed by atoms with van der Waals surface area (Å²) in [4.78, 5) is 27.6. The lowest BCUT2D eigenvalue weighted by molar-refractivity contribution is 0.0464. The molecular weight excluding hydrogens is 570 g/mol. The van der Waals surface area contributed by atoms with Crippen LogP contribution in [0, 0.1) is 27.7 Å². The Morgan fingerprint density at radius 1 is 0.457 bits per heavy atom. The summed E-state index contributed by atoms with van der Waals surface area (Å²) in [6, 6.07) is 38.5. The lowest BCUT2D eigenvalue weighted by atomic mass is 10.1. The summed E-state index contributed by atoms with van der Waals surface area (Å²) in [5.41, 5.74) is 10.8. The number of hydrogen-bond donors (Lipinski definition) is 0. The van der Waals surface area contributed by atoms with Gasteiger partial charge in [-0.05, 0) is 79.8 Å². The highest BCUT2D eigenvalue weighted by Crippen LogP contribution is 2.18. The van der Waals surface area contributed by atoms with E-state index in [-0.39, 0.29) is 25.2 Å². The van der Waals surface area contributed by atoms with Gasteiger partial charge in [-0.25, -0.2) is 9.59 Å². The molecule has 0 N–H and O–H groups in total. The van der Waals surface area contributed by atoms with Crippen LogP contribution in [0.4, 0.5) is 0 Å². The van der Waals surface area contributed by atoms with E-state index in [1.807, 2.05) is 94.4 Å². The Morgan fingerprint density at radius 2 is 0.783 bits per heavy atom. The number of carbonyl (C=O) groups is 2. The van der Waals surface area contributed by atoms with Crippen LogP contribution >= 0.6 is 0 Å². The third-order valence-electron chi connectivity index (χ3n) is 7.76. The third-order valence-corrected chi connectivity index (χ3v) is 7.76. The fourth-order valence-corrected chi connectivity index (χ4v) is 5.66. The van der Waals surface area contributed by atoms with Crippen molar-refractivity contribution in [1.82, 2.24) is 4.90 Å². The van der Waals surface area contributed by atoms with Crippen molar-refractivity contribution in [3.63, 3.8) is 0 Å². The molecule has 0 amide bonds. The highest BCUT2D eigenvalue weighted by atomic mass is 16.5. The first-order valence-corrected chi connectivity index (χ1v) is 15.6. The summed E-state index contributed by atoms with van der Waals surface area (Å²) in [6.45, 7) is 10.7. The monoisotopic (exact) mass is 611 g/mol. The average Bonchev–Trinajstić information content (AvgIpc) is 3.03. The van der Waals surface area contributed by atoms with E-state index in [2.05, 4.69) is 53.4 Å². The molecule has 0 aliphatic rings. The second-order valence-electron chi connectivity index (χ2n) is 12.2. The van der Waals surface area contributed by atoms with Crippen molar-refractivity contribution in [2.75, 3.05) is 0 Å². The Bertz CT molecular complexity index is 1620. The van der Waals surface area contributed by atoms with Gasteiger partial charge in [0.15, 0.2) is 0 Å². The van der Waals surface area contributed by atoms with Crippen LogP contribution < -0.4 is 0 Å². The first kappa shape index (κ1) is 32.4. The minimum atomic E-state index is -0.310. The van der Waals surface area contributed by atoms with Crippen molar-refractivity contribution in [2.24, 2.45) is 0 Å². The molecule has 0 aromatic heterocycles. The highest BCUT2D eigenvalue weighted by Gasteiger charge is 2.12. The van der Waals surface area contributed by atoms with Crippen molar-refractivity contribution < 1.29 is 19.1 Å². The molecule has 0 fully saturated rings. The van der Waals surface area contributed by atoms with Crippen molar-refractivity contribution in [2.45, 2.75) is 60.5 Å². The Morgan fingerprint density at radius 3 is 1.15 bits per heavy atom. The van der Waals surface area contributed by atoms with Gasteiger partial charge >= 0.3 is 11.9 Å². The molecule has 5 aromatic carbocycles. The van der Waals surface area contributed by atoms with Crippen molar-refractivity contribution in [3.8, 4) is 0 Å². The van der Waals surface area contributed by atoms with Crippen LogP contribution in [-0.2, 0) is 42.3 Å². The predicted molar refractivity (Wildman–Crippen MR) is 182 cm³/mol. The van der Waals surface area contributed by atoms with Crippen LogP contribution in [0.25, 0.3) is 0 Å². The molecular formula is C41H41NO4. The molecule has 0 spiro atoms. The van der Waals surface area contributed by atoms with Crippen LogP contribution in [0.5, 0.6) is 0 Å². The Kier molecular flexibility index (Phi) is 10.8. The molecule has 5 aromatic rings. The van der Waals surface area contributed by atoms with E-state index in [1.54, 1.807) is 0 Å². The molecule has 0 atom stereocenters. The number of carbonyl (C=O) groups excluding carboxylic acids is 2. The van der Waals surface area contributed by atoms with Gasteiger partial charge in [0.1, 0.15) is 13.2 Å². The summed E-state index contributed by atoms with van der Waals surface area (Å²) in [7, 11) is 0. The van der Waals surface area contributed by atoms with Crippen LogP contribution in [0.1, 0.15) is 70.8 Å². The zero-order chi connectivity index (χ0) is 32.5. The van der Waals surface area contributed by atoms with Crippen molar-refractivity contribution in [3.05, 3.63) is 176 Å². The molecule has 5 nitrogen and oxygen atoms in total. The molecule has 0 bridgehead atoms. The quantitative estimate of drug-likeness (QED) is 0.132. The number of ether oxygens (including phenoxy) is 2. The van der Waals surface area contributed by atoms with Crippen LogP contribution in [0.3, 0.4) is 0 Å². The van der Waals surface area contributed by atoms with Crippen molar-refractivity contribution >= 4 is 11.9 Å². The Hall–Kier alpha value is -5.00. The molecule has 0 unspecified atom stereocenters. The second kappa shape index (κ2) is 15.3. The molecule has 5 heteroatoms. The van der Waals surface area contributed by atoms with Gasteiger partial charge in [0.05, 0.1) is 11.1 Å². The Balaban J connectivity index is 1.19. The summed E-state index contributed by atoms with van der Waals surface area (Å²) in [5.74, 6) is -0.620. The maximum atomic E-state index is 12.6. The van der Waals surface area contributed by atoms with Crippen LogP contribution in [0.2, 0.25) is 0 Å². The first-order valence-electron chi connectivity index (χ1n) is 15.6. The zero-order valence-corrected chi connectivity index (χ0v) is 27.1. The van der Waals surface area contributed by atoms with E-state index in [0.717, 1.165) is 53.0 Å². The van der Waals surface area contributed by atoms with Crippen LogP contribution in [0.15, 0.2) is 115 Å². The van der Waals surface area contributed by atoms with E-state index in [1.165, 1.54) is 16.7 Å². The average molecular weight is 612 g/mol. The van der Waals surface area contributed by atoms with Gasteiger partial charge in [0, 0.05) is 19.6 Å². The van der Waals surface area contributed by atoms with E-state index < -0.39 is 0 Å². The molecule has 0 heterocycles. The summed E-state index contributed by atoms with van der Waals surface area (Å²) < 4.78 is 11.2. The van der Waals surface area contributed by atoms with Gasteiger partial charge in [0.25, 0.3) is 0 Å². The number of hydrogen-bond acceptors (Lipinski definition) is 5. The van der Waals surface area contributed by atoms with Gasteiger partial charge in [-0.1, -0.05) is 113 Å². The molecule has 234 valence electrons. The summed E-state index contributed by atoms with van der Waals surface area (Å²) in [5, 5.41) is 0. The van der Waals surface area contributed by atoms with Crippen molar-refractivity contribution in [1.29, 1.82) is 0 Å². The van der Waals surface area contributed by atoms with Gasteiger partial charge < -0.3 is 9.47 Å². The summed E-state index contributed by atoms with van der Waals surface area (Å²) >= 11 is 0. The molecule has 0 saturated carbocycles. The SMILES string of the molecule is Cc1cc(C)cc(C(=O)OCc2ccc(CN(Cc3ccccc3)Cc3ccc(COC(=O)c4cc(C)cc(C)c4)cc3)cc2)c1. The van der Waals surface area contributed by atoms with E-state index in [4.69, 9.17) is 9.47 Å². The highest BCUT2D eigenvalue weighted by molar-refractivity contribution is 5.90. The van der Waals surface area contributed by atoms with Gasteiger partial charge in [-0.2, -0.15) is 0 Å². The number of nitrogens with zero attached hydrogens (tertiary/aromatic N) is 1. The number of benzene rings is 5. The normalized spacial score (nSPS) is 11.0. The smallest absolute Gasteiger partial charge is 0.338 e. The molecule has 0 aliphatic heterocycles. The maximum Gasteiger partial charge on any atom is 0.338 e. The lowest BCUT2D eigenvalue weighted by Gasteiger charge is -2.23. The fourth-order valence-electron chi connectivity index (χ4n) is 5.66. The van der Waals surface area contributed by atoms with E-state index >= 15 is 0 Å². The predicted octanol–water partition coefficient (Wildman–Crippen LogP) is 8.84. The second-order valence-corrected chi connectivity index (χ2v) is 12.2. The standard InChI is InChI=1S/C41H41NO4/c1-29-18-30(2)21-38(20-29)40(43)45-27-36-14-10-34(11-15-36)25-42(24-33-8-6-5-7-9-33)26-35-12-16-37(17-13-35)28-46-41(44)39-22-31(3)19-32(4)23-39/h5-23H,24-28H2,1-4H3. The molecule has 0 saturated heterocycles. The lowest BCUT2D eigenvalue weighted by Crippen LogP contribution is -2.22. The van der Waals surface area contributed by atoms with Gasteiger partial charge in [-0.3, -0.25) is 4.90 Å². The number of rotatable bonds is 12. The van der Waals surface area contributed by atoms with Gasteiger partial charge in [0.2, 0.25) is 0 Å². The fraction of sp³-hybridized carbons (Fsp3) is 0.220. The van der Waals surface area contributed by atoms with E-state index in [0.29, 0.717) is 11.1 Å². The maximum absolute atomic E-state index is 12.6. The number of aryl methyl sites for hydroxylation is 4. The Labute approximate surface area is 272 Å². The third kappa shape index (κ3) is 9.50. The van der Waals surface area contributed by atoms with Crippen LogP contribution in [-0.4, -0.2) is 16.8 Å². The molecule has 46 heavy (non-hydrogen) atoms. The molecule has 0 aliphatic carbocycles. The number of esters is 2. The largest absolute Gasteiger partial charge is 0.457 e. The molecule has 5 rings (SSSR count). The minimum absolute atomic E-state index is 0.228. The molecule has 0 radical (unpaired) electrons. The van der Waals surface area contributed by atoms with Gasteiger partial charge in [-0.15, -0.1) is 0 Å². The van der Waals surface area contributed by atoms with E-state index in [9.17, 15) is 9.59 Å². The zero-order valence-electron chi connectivity index (χ0n) is 27.1. The minimum Gasteiger partial charge on any atom is -0.457 e.